The van der Waals surface area contributed by atoms with Gasteiger partial charge in [0.05, 0.1) is 13.0 Å². The molecule has 2 heterocycles. The molecule has 1 spiro atoms. The molecule has 0 radical (unpaired) electrons. The number of ether oxygens (including phenoxy) is 2. The second kappa shape index (κ2) is 5.60. The zero-order valence-electron chi connectivity index (χ0n) is 14.8. The van der Waals surface area contributed by atoms with E-state index in [0.717, 1.165) is 44.1 Å². The van der Waals surface area contributed by atoms with Gasteiger partial charge in [0, 0.05) is 16.9 Å². The Bertz CT molecular complexity index is 594. The number of carbonyl (C=O) groups excluding carboxylic acids is 2. The summed E-state index contributed by atoms with van der Waals surface area (Å²) >= 11 is 0. The normalized spacial score (nSPS) is 44.4. The van der Waals surface area contributed by atoms with Crippen molar-refractivity contribution >= 4 is 11.9 Å². The van der Waals surface area contributed by atoms with Gasteiger partial charge in [-0.15, -0.1) is 0 Å². The maximum Gasteiger partial charge on any atom is 0.334 e. The van der Waals surface area contributed by atoms with Crippen molar-refractivity contribution in [1.82, 2.24) is 0 Å². The van der Waals surface area contributed by atoms with Gasteiger partial charge in [-0.2, -0.15) is 0 Å². The Morgan fingerprint density at radius 3 is 2.83 bits per heavy atom. The Kier molecular flexibility index (Phi) is 3.77. The number of allylic oxidation sites excluding steroid dienone is 1. The van der Waals surface area contributed by atoms with E-state index in [0.29, 0.717) is 37.4 Å². The van der Waals surface area contributed by atoms with E-state index in [4.69, 9.17) is 9.47 Å². The Morgan fingerprint density at radius 2 is 2.08 bits per heavy atom. The van der Waals surface area contributed by atoms with E-state index in [1.807, 2.05) is 0 Å². The zero-order chi connectivity index (χ0) is 16.9. The molecule has 0 aromatic carbocycles. The van der Waals surface area contributed by atoms with Gasteiger partial charge < -0.3 is 9.47 Å². The molecule has 4 aliphatic rings. The van der Waals surface area contributed by atoms with Crippen molar-refractivity contribution in [3.8, 4) is 0 Å². The summed E-state index contributed by atoms with van der Waals surface area (Å²) in [5, 5.41) is 0. The van der Waals surface area contributed by atoms with Gasteiger partial charge in [0.2, 0.25) is 0 Å². The quantitative estimate of drug-likeness (QED) is 0.740. The predicted molar refractivity (Wildman–Crippen MR) is 89.0 cm³/mol. The Morgan fingerprint density at radius 1 is 1.25 bits per heavy atom. The second-order valence-electron chi connectivity index (χ2n) is 8.72. The highest BCUT2D eigenvalue weighted by Gasteiger charge is 2.60. The molecule has 0 N–H and O–H groups in total. The van der Waals surface area contributed by atoms with E-state index in [9.17, 15) is 9.59 Å². The fourth-order valence-electron chi connectivity index (χ4n) is 5.97. The standard InChI is InChI=1S/C20H28O4/c1-13-6-9-20-12-24-18(22)15(20)4-3-5-16(20)19(13,2)8-7-14-10-17(21)23-11-14/h4,13-14,16H,3,5-12H2,1-2H3/t13-,14-,16+,19-,20+/m0/s1. The molecule has 0 bridgehead atoms. The highest BCUT2D eigenvalue weighted by atomic mass is 16.5. The summed E-state index contributed by atoms with van der Waals surface area (Å²) in [6.45, 7) is 5.97. The van der Waals surface area contributed by atoms with Crippen LogP contribution in [-0.2, 0) is 19.1 Å². The van der Waals surface area contributed by atoms with E-state index < -0.39 is 0 Å². The van der Waals surface area contributed by atoms with Gasteiger partial charge in [-0.3, -0.25) is 4.79 Å². The van der Waals surface area contributed by atoms with Gasteiger partial charge in [-0.1, -0.05) is 19.9 Å². The van der Waals surface area contributed by atoms with Crippen molar-refractivity contribution in [2.75, 3.05) is 13.2 Å². The first-order valence-corrected chi connectivity index (χ1v) is 9.49. The van der Waals surface area contributed by atoms with Crippen LogP contribution in [0, 0.1) is 28.6 Å². The van der Waals surface area contributed by atoms with E-state index in [-0.39, 0.29) is 22.8 Å². The largest absolute Gasteiger partial charge is 0.465 e. The Labute approximate surface area is 144 Å². The van der Waals surface area contributed by atoms with E-state index in [2.05, 4.69) is 19.9 Å². The SMILES string of the molecule is C[C@H]1CC[C@@]23COC(=O)C2=CCC[C@@H]3[C@@]1(C)CC[C@@H]1COC(=O)C1. The molecule has 2 aliphatic heterocycles. The fraction of sp³-hybridized carbons (Fsp3) is 0.800. The van der Waals surface area contributed by atoms with Crippen LogP contribution in [0.1, 0.15) is 58.8 Å². The lowest BCUT2D eigenvalue weighted by atomic mass is 9.46. The van der Waals surface area contributed by atoms with Crippen molar-refractivity contribution in [2.45, 2.75) is 58.8 Å². The van der Waals surface area contributed by atoms with Crippen molar-refractivity contribution in [3.63, 3.8) is 0 Å². The van der Waals surface area contributed by atoms with Crippen LogP contribution in [0.2, 0.25) is 0 Å². The average Bonchev–Trinajstić information content (AvgIpc) is 3.13. The lowest BCUT2D eigenvalue weighted by Crippen LogP contribution is -2.51. The van der Waals surface area contributed by atoms with E-state index in [1.54, 1.807) is 0 Å². The monoisotopic (exact) mass is 332 g/mol. The smallest absolute Gasteiger partial charge is 0.334 e. The summed E-state index contributed by atoms with van der Waals surface area (Å²) in [6, 6.07) is 0. The molecule has 4 heteroatoms. The van der Waals surface area contributed by atoms with Gasteiger partial charge >= 0.3 is 11.9 Å². The molecule has 5 atom stereocenters. The molecular weight excluding hydrogens is 304 g/mol. The van der Waals surface area contributed by atoms with Crippen molar-refractivity contribution in [1.29, 1.82) is 0 Å². The van der Waals surface area contributed by atoms with Crippen molar-refractivity contribution < 1.29 is 19.1 Å². The minimum absolute atomic E-state index is 0.0431. The molecule has 0 aromatic rings. The molecule has 132 valence electrons. The topological polar surface area (TPSA) is 52.6 Å². The van der Waals surface area contributed by atoms with Crippen LogP contribution in [0.15, 0.2) is 11.6 Å². The third-order valence-corrected chi connectivity index (χ3v) is 7.66. The molecule has 4 nitrogen and oxygen atoms in total. The van der Waals surface area contributed by atoms with Crippen LogP contribution >= 0.6 is 0 Å². The van der Waals surface area contributed by atoms with Crippen LogP contribution in [0.5, 0.6) is 0 Å². The maximum atomic E-state index is 12.2. The summed E-state index contributed by atoms with van der Waals surface area (Å²) in [6.07, 6.45) is 9.26. The molecule has 2 saturated heterocycles. The first-order valence-electron chi connectivity index (χ1n) is 9.49. The summed E-state index contributed by atoms with van der Waals surface area (Å²) in [7, 11) is 0. The summed E-state index contributed by atoms with van der Waals surface area (Å²) in [4.78, 5) is 23.6. The zero-order valence-corrected chi connectivity index (χ0v) is 14.8. The third-order valence-electron chi connectivity index (χ3n) is 7.66. The number of carbonyl (C=O) groups is 2. The molecule has 4 rings (SSSR count). The number of esters is 2. The van der Waals surface area contributed by atoms with Crippen LogP contribution in [0.4, 0.5) is 0 Å². The molecule has 0 unspecified atom stereocenters. The van der Waals surface area contributed by atoms with Gasteiger partial charge in [-0.05, 0) is 55.8 Å². The molecular formula is C20H28O4. The Hall–Kier alpha value is -1.32. The average molecular weight is 332 g/mol. The highest BCUT2D eigenvalue weighted by molar-refractivity contribution is 5.92. The van der Waals surface area contributed by atoms with Crippen molar-refractivity contribution in [3.05, 3.63) is 11.6 Å². The van der Waals surface area contributed by atoms with E-state index in [1.165, 1.54) is 0 Å². The summed E-state index contributed by atoms with van der Waals surface area (Å²) < 4.78 is 10.6. The van der Waals surface area contributed by atoms with Crippen LogP contribution in [0.3, 0.4) is 0 Å². The predicted octanol–water partition coefficient (Wildman–Crippen LogP) is 3.65. The maximum absolute atomic E-state index is 12.2. The second-order valence-corrected chi connectivity index (χ2v) is 8.72. The van der Waals surface area contributed by atoms with Crippen LogP contribution < -0.4 is 0 Å². The number of hydrogen-bond acceptors (Lipinski definition) is 4. The molecule has 2 aliphatic carbocycles. The minimum atomic E-state index is -0.0774. The summed E-state index contributed by atoms with van der Waals surface area (Å²) in [5.74, 6) is 1.40. The Balaban J connectivity index is 1.58. The van der Waals surface area contributed by atoms with Gasteiger partial charge in [-0.25, -0.2) is 4.79 Å². The fourth-order valence-corrected chi connectivity index (χ4v) is 5.97. The molecule has 24 heavy (non-hydrogen) atoms. The molecule has 1 saturated carbocycles. The summed E-state index contributed by atoms with van der Waals surface area (Å²) in [5.41, 5.74) is 1.13. The lowest BCUT2D eigenvalue weighted by molar-refractivity contribution is -0.138. The third kappa shape index (κ3) is 2.25. The van der Waals surface area contributed by atoms with E-state index >= 15 is 0 Å². The lowest BCUT2D eigenvalue weighted by Gasteiger charge is -2.56. The molecule has 0 amide bonds. The molecule has 0 aromatic heterocycles. The number of cyclic esters (lactones) is 2. The molecule has 3 fully saturated rings. The first-order chi connectivity index (χ1) is 11.5. The van der Waals surface area contributed by atoms with Gasteiger partial charge in [0.25, 0.3) is 0 Å². The van der Waals surface area contributed by atoms with Gasteiger partial charge in [0.1, 0.15) is 6.61 Å². The minimum Gasteiger partial charge on any atom is -0.465 e. The van der Waals surface area contributed by atoms with Crippen molar-refractivity contribution in [2.24, 2.45) is 28.6 Å². The van der Waals surface area contributed by atoms with Crippen LogP contribution in [0.25, 0.3) is 0 Å². The number of rotatable bonds is 3. The number of hydrogen-bond donors (Lipinski definition) is 0. The first kappa shape index (κ1) is 16.2. The van der Waals surface area contributed by atoms with Crippen LogP contribution in [-0.4, -0.2) is 25.2 Å². The van der Waals surface area contributed by atoms with Gasteiger partial charge in [0.15, 0.2) is 0 Å². The highest BCUT2D eigenvalue weighted by Crippen LogP contribution is 2.64.